The van der Waals surface area contributed by atoms with Gasteiger partial charge in [0.25, 0.3) is 0 Å². The number of rotatable bonds is 5. The molecule has 0 aliphatic carbocycles. The molecular formula is C14H16BrN3O. The number of nitrogens with zero attached hydrogens (tertiary/aromatic N) is 2. The van der Waals surface area contributed by atoms with Crippen LogP contribution in [0.25, 0.3) is 0 Å². The van der Waals surface area contributed by atoms with E-state index in [9.17, 15) is 0 Å². The second-order valence-electron chi connectivity index (χ2n) is 4.18. The van der Waals surface area contributed by atoms with Gasteiger partial charge in [-0.25, -0.2) is 9.97 Å². The average molecular weight is 322 g/mol. The lowest BCUT2D eigenvalue weighted by molar-refractivity contribution is 0.458. The van der Waals surface area contributed by atoms with Crippen molar-refractivity contribution >= 4 is 21.7 Å². The Hall–Kier alpha value is -1.62. The molecule has 1 aromatic carbocycles. The minimum Gasteiger partial charge on any atom is -0.439 e. The van der Waals surface area contributed by atoms with E-state index >= 15 is 0 Å². The predicted octanol–water partition coefficient (Wildman–Crippen LogP) is 4.16. The number of anilines is 1. The van der Waals surface area contributed by atoms with Gasteiger partial charge in [0.15, 0.2) is 0 Å². The van der Waals surface area contributed by atoms with Gasteiger partial charge in [-0.1, -0.05) is 28.9 Å². The van der Waals surface area contributed by atoms with Gasteiger partial charge in [-0.05, 0) is 31.0 Å². The van der Waals surface area contributed by atoms with E-state index in [0.717, 1.165) is 34.6 Å². The van der Waals surface area contributed by atoms with E-state index in [1.807, 2.05) is 25.1 Å². The summed E-state index contributed by atoms with van der Waals surface area (Å²) in [6.45, 7) is 4.99. The van der Waals surface area contributed by atoms with Crippen LogP contribution in [0.4, 0.5) is 5.82 Å². The highest BCUT2D eigenvalue weighted by molar-refractivity contribution is 9.10. The topological polar surface area (TPSA) is 47.0 Å². The Kier molecular flexibility index (Phi) is 4.74. The molecule has 0 atom stereocenters. The molecular weight excluding hydrogens is 306 g/mol. The van der Waals surface area contributed by atoms with Crippen LogP contribution in [0.5, 0.6) is 11.6 Å². The lowest BCUT2D eigenvalue weighted by Gasteiger charge is -2.09. The molecule has 4 nitrogen and oxygen atoms in total. The molecule has 5 heteroatoms. The maximum Gasteiger partial charge on any atom is 0.224 e. The molecule has 1 N–H and O–H groups in total. The largest absolute Gasteiger partial charge is 0.439 e. The fourth-order valence-electron chi connectivity index (χ4n) is 1.54. The standard InChI is InChI=1S/C14H16BrN3O/c1-3-6-16-13-8-14(18-9-17-13)19-12-7-11(15)5-4-10(12)2/h4-5,7-9H,3,6H2,1-2H3,(H,16,17,18). The zero-order valence-electron chi connectivity index (χ0n) is 11.0. The average Bonchev–Trinajstić information content (AvgIpc) is 2.41. The van der Waals surface area contributed by atoms with Crippen LogP contribution in [-0.2, 0) is 0 Å². The zero-order valence-corrected chi connectivity index (χ0v) is 12.6. The van der Waals surface area contributed by atoms with Crippen LogP contribution in [0.3, 0.4) is 0 Å². The van der Waals surface area contributed by atoms with Crippen molar-refractivity contribution in [1.29, 1.82) is 0 Å². The first kappa shape index (κ1) is 13.8. The summed E-state index contributed by atoms with van der Waals surface area (Å²) in [5.41, 5.74) is 1.06. The van der Waals surface area contributed by atoms with Gasteiger partial charge in [-0.15, -0.1) is 0 Å². The molecule has 1 aromatic heterocycles. The highest BCUT2D eigenvalue weighted by Crippen LogP contribution is 2.27. The van der Waals surface area contributed by atoms with E-state index in [1.165, 1.54) is 6.33 Å². The first-order valence-corrected chi connectivity index (χ1v) is 6.98. The monoisotopic (exact) mass is 321 g/mol. The predicted molar refractivity (Wildman–Crippen MR) is 79.8 cm³/mol. The van der Waals surface area contributed by atoms with Gasteiger partial charge in [0.05, 0.1) is 0 Å². The van der Waals surface area contributed by atoms with Gasteiger partial charge in [0.1, 0.15) is 17.9 Å². The number of aromatic nitrogens is 2. The van der Waals surface area contributed by atoms with Gasteiger partial charge in [-0.2, -0.15) is 0 Å². The van der Waals surface area contributed by atoms with Crippen LogP contribution in [-0.4, -0.2) is 16.5 Å². The van der Waals surface area contributed by atoms with E-state index < -0.39 is 0 Å². The summed E-state index contributed by atoms with van der Waals surface area (Å²) in [6, 6.07) is 7.71. The van der Waals surface area contributed by atoms with Crippen molar-refractivity contribution in [3.63, 3.8) is 0 Å². The van der Waals surface area contributed by atoms with E-state index in [0.29, 0.717) is 5.88 Å². The number of hydrogen-bond acceptors (Lipinski definition) is 4. The second kappa shape index (κ2) is 6.52. The normalized spacial score (nSPS) is 10.3. The molecule has 0 bridgehead atoms. The summed E-state index contributed by atoms with van der Waals surface area (Å²) in [4.78, 5) is 8.27. The van der Waals surface area contributed by atoms with Crippen LogP contribution in [0.15, 0.2) is 35.1 Å². The maximum absolute atomic E-state index is 5.79. The van der Waals surface area contributed by atoms with Crippen molar-refractivity contribution in [1.82, 2.24) is 9.97 Å². The molecule has 0 spiro atoms. The number of aryl methyl sites for hydroxylation is 1. The van der Waals surface area contributed by atoms with Crippen LogP contribution in [0.2, 0.25) is 0 Å². The molecule has 0 aliphatic heterocycles. The van der Waals surface area contributed by atoms with Gasteiger partial charge < -0.3 is 10.1 Å². The summed E-state index contributed by atoms with van der Waals surface area (Å²) in [5.74, 6) is 2.10. The fourth-order valence-corrected chi connectivity index (χ4v) is 1.88. The first-order chi connectivity index (χ1) is 9.19. The SMILES string of the molecule is CCCNc1cc(Oc2cc(Br)ccc2C)ncn1. The third kappa shape index (κ3) is 3.92. The Morgan fingerprint density at radius 2 is 2.11 bits per heavy atom. The van der Waals surface area contributed by atoms with Crippen molar-refractivity contribution < 1.29 is 4.74 Å². The summed E-state index contributed by atoms with van der Waals surface area (Å²) in [5, 5.41) is 3.21. The van der Waals surface area contributed by atoms with Crippen LogP contribution in [0, 0.1) is 6.92 Å². The van der Waals surface area contributed by atoms with E-state index in [2.05, 4.69) is 38.1 Å². The molecule has 1 heterocycles. The Balaban J connectivity index is 2.16. The van der Waals surface area contributed by atoms with Crippen molar-refractivity contribution in [2.75, 3.05) is 11.9 Å². The molecule has 2 aromatic rings. The van der Waals surface area contributed by atoms with Crippen molar-refractivity contribution in [3.8, 4) is 11.6 Å². The first-order valence-electron chi connectivity index (χ1n) is 6.19. The van der Waals surface area contributed by atoms with E-state index in [-0.39, 0.29) is 0 Å². The Bertz CT molecular complexity index is 560. The van der Waals surface area contributed by atoms with E-state index in [4.69, 9.17) is 4.74 Å². The lowest BCUT2D eigenvalue weighted by Crippen LogP contribution is -2.02. The Morgan fingerprint density at radius 3 is 2.89 bits per heavy atom. The molecule has 0 saturated carbocycles. The van der Waals surface area contributed by atoms with Gasteiger partial charge >= 0.3 is 0 Å². The number of nitrogens with one attached hydrogen (secondary N) is 1. The molecule has 100 valence electrons. The molecule has 19 heavy (non-hydrogen) atoms. The molecule has 0 unspecified atom stereocenters. The number of benzene rings is 1. The number of ether oxygens (including phenoxy) is 1. The zero-order chi connectivity index (χ0) is 13.7. The molecule has 2 rings (SSSR count). The molecule has 0 radical (unpaired) electrons. The highest BCUT2D eigenvalue weighted by atomic mass is 79.9. The minimum atomic E-state index is 0.537. The van der Waals surface area contributed by atoms with Crippen molar-refractivity contribution in [3.05, 3.63) is 40.6 Å². The molecule has 0 saturated heterocycles. The lowest BCUT2D eigenvalue weighted by atomic mass is 10.2. The Labute approximate surface area is 121 Å². The van der Waals surface area contributed by atoms with Gasteiger partial charge in [0.2, 0.25) is 5.88 Å². The summed E-state index contributed by atoms with van der Waals surface area (Å²) in [7, 11) is 0. The number of halogens is 1. The molecule has 0 amide bonds. The van der Waals surface area contributed by atoms with Gasteiger partial charge in [-0.3, -0.25) is 0 Å². The van der Waals surface area contributed by atoms with Crippen LogP contribution < -0.4 is 10.1 Å². The van der Waals surface area contributed by atoms with E-state index in [1.54, 1.807) is 6.07 Å². The minimum absolute atomic E-state index is 0.537. The third-order valence-electron chi connectivity index (χ3n) is 2.56. The van der Waals surface area contributed by atoms with Crippen molar-refractivity contribution in [2.45, 2.75) is 20.3 Å². The number of hydrogen-bond donors (Lipinski definition) is 1. The molecule has 0 fully saturated rings. The van der Waals surface area contributed by atoms with Gasteiger partial charge in [0, 0.05) is 17.1 Å². The summed E-state index contributed by atoms with van der Waals surface area (Å²) in [6.07, 6.45) is 2.55. The van der Waals surface area contributed by atoms with Crippen LogP contribution in [0.1, 0.15) is 18.9 Å². The molecule has 0 aliphatic rings. The second-order valence-corrected chi connectivity index (χ2v) is 5.10. The smallest absolute Gasteiger partial charge is 0.224 e. The van der Waals surface area contributed by atoms with Crippen molar-refractivity contribution in [2.24, 2.45) is 0 Å². The fraction of sp³-hybridized carbons (Fsp3) is 0.286. The summed E-state index contributed by atoms with van der Waals surface area (Å²) < 4.78 is 6.77. The Morgan fingerprint density at radius 1 is 1.26 bits per heavy atom. The maximum atomic E-state index is 5.79. The van der Waals surface area contributed by atoms with Crippen LogP contribution >= 0.6 is 15.9 Å². The third-order valence-corrected chi connectivity index (χ3v) is 3.06. The quantitative estimate of drug-likeness (QED) is 0.898. The summed E-state index contributed by atoms with van der Waals surface area (Å²) >= 11 is 3.43. The highest BCUT2D eigenvalue weighted by Gasteiger charge is 2.04.